The summed E-state index contributed by atoms with van der Waals surface area (Å²) in [5.41, 5.74) is 0.927. The van der Waals surface area contributed by atoms with Gasteiger partial charge in [0.2, 0.25) is 0 Å². The van der Waals surface area contributed by atoms with Crippen LogP contribution in [0.3, 0.4) is 0 Å². The molecule has 0 fully saturated rings. The molecule has 5 nitrogen and oxygen atoms in total. The van der Waals surface area contributed by atoms with E-state index in [1.54, 1.807) is 30.3 Å². The fraction of sp³-hybridized carbons (Fsp3) is 0.400. The summed E-state index contributed by atoms with van der Waals surface area (Å²) in [6.45, 7) is 5.32. The summed E-state index contributed by atoms with van der Waals surface area (Å²) in [6, 6.07) is 14.3. The standard InChI is InChI=1S/C20H26O5S2/c1-4-5-11-20(17(3)26(21,22)18-9-7-6-8-10-18)25-27(23,24)19-14-12-16(2)13-15-19/h6-10,12-15,17,20H,4-5,11H2,1-3H3. The Morgan fingerprint density at radius 2 is 1.48 bits per heavy atom. The lowest BCUT2D eigenvalue weighted by molar-refractivity contribution is 0.193. The lowest BCUT2D eigenvalue weighted by atomic mass is 10.1. The van der Waals surface area contributed by atoms with Crippen molar-refractivity contribution in [1.82, 2.24) is 0 Å². The van der Waals surface area contributed by atoms with Gasteiger partial charge in [-0.3, -0.25) is 4.18 Å². The molecule has 0 radical (unpaired) electrons. The third kappa shape index (κ3) is 5.40. The Balaban J connectivity index is 2.33. The second kappa shape index (κ2) is 8.99. The molecule has 27 heavy (non-hydrogen) atoms. The first-order valence-electron chi connectivity index (χ1n) is 8.97. The van der Waals surface area contributed by atoms with E-state index in [1.165, 1.54) is 31.2 Å². The summed E-state index contributed by atoms with van der Waals surface area (Å²) in [5, 5.41) is -0.994. The normalized spacial score (nSPS) is 14.6. The number of hydrogen-bond acceptors (Lipinski definition) is 5. The van der Waals surface area contributed by atoms with Crippen molar-refractivity contribution in [2.45, 2.75) is 61.2 Å². The fourth-order valence-corrected chi connectivity index (χ4v) is 5.51. The fourth-order valence-electron chi connectivity index (χ4n) is 2.71. The topological polar surface area (TPSA) is 77.5 Å². The van der Waals surface area contributed by atoms with Crippen molar-refractivity contribution >= 4 is 20.0 Å². The van der Waals surface area contributed by atoms with Crippen molar-refractivity contribution in [3.05, 3.63) is 60.2 Å². The number of benzene rings is 2. The smallest absolute Gasteiger partial charge is 0.262 e. The molecule has 2 aromatic carbocycles. The van der Waals surface area contributed by atoms with Crippen LogP contribution in [0.25, 0.3) is 0 Å². The van der Waals surface area contributed by atoms with Crippen LogP contribution >= 0.6 is 0 Å². The maximum absolute atomic E-state index is 12.9. The quantitative estimate of drug-likeness (QED) is 0.581. The first-order chi connectivity index (χ1) is 12.7. The Hall–Kier alpha value is -1.70. The Kier molecular flexibility index (Phi) is 7.19. The summed E-state index contributed by atoms with van der Waals surface area (Å²) >= 11 is 0. The lowest BCUT2D eigenvalue weighted by Crippen LogP contribution is -2.35. The van der Waals surface area contributed by atoms with E-state index in [-0.39, 0.29) is 9.79 Å². The first kappa shape index (κ1) is 21.6. The lowest BCUT2D eigenvalue weighted by Gasteiger charge is -2.24. The van der Waals surface area contributed by atoms with E-state index in [2.05, 4.69) is 0 Å². The van der Waals surface area contributed by atoms with Crippen molar-refractivity contribution < 1.29 is 21.0 Å². The molecule has 0 saturated carbocycles. The van der Waals surface area contributed by atoms with Crippen LogP contribution in [0, 0.1) is 6.92 Å². The molecule has 2 rings (SSSR count). The number of rotatable bonds is 9. The third-order valence-electron chi connectivity index (χ3n) is 4.49. The largest absolute Gasteiger partial charge is 0.297 e. The van der Waals surface area contributed by atoms with E-state index in [0.717, 1.165) is 12.0 Å². The van der Waals surface area contributed by atoms with Gasteiger partial charge >= 0.3 is 0 Å². The van der Waals surface area contributed by atoms with Crippen LogP contribution in [0.1, 0.15) is 38.7 Å². The summed E-state index contributed by atoms with van der Waals surface area (Å²) in [5.74, 6) is 0. The number of aryl methyl sites for hydroxylation is 1. The molecule has 0 spiro atoms. The highest BCUT2D eigenvalue weighted by atomic mass is 32.2. The zero-order chi connectivity index (χ0) is 20.1. The molecule has 2 aromatic rings. The van der Waals surface area contributed by atoms with Crippen LogP contribution < -0.4 is 0 Å². The van der Waals surface area contributed by atoms with Gasteiger partial charge in [-0.15, -0.1) is 0 Å². The molecule has 7 heteroatoms. The highest BCUT2D eigenvalue weighted by Gasteiger charge is 2.34. The summed E-state index contributed by atoms with van der Waals surface area (Å²) in [6.07, 6.45) is 0.863. The molecule has 0 aliphatic carbocycles. The van der Waals surface area contributed by atoms with Crippen LogP contribution in [-0.4, -0.2) is 28.2 Å². The Bertz CT molecular complexity index is 934. The van der Waals surface area contributed by atoms with Gasteiger partial charge in [0.1, 0.15) is 0 Å². The van der Waals surface area contributed by atoms with E-state index >= 15 is 0 Å². The summed E-state index contributed by atoms with van der Waals surface area (Å²) in [7, 11) is -7.78. The minimum Gasteiger partial charge on any atom is -0.262 e. The number of unbranched alkanes of at least 4 members (excludes halogenated alkanes) is 1. The van der Waals surface area contributed by atoms with Crippen LogP contribution in [0.2, 0.25) is 0 Å². The Morgan fingerprint density at radius 3 is 2.04 bits per heavy atom. The summed E-state index contributed by atoms with van der Waals surface area (Å²) < 4.78 is 56.6. The van der Waals surface area contributed by atoms with Gasteiger partial charge in [-0.25, -0.2) is 8.42 Å². The first-order valence-corrected chi connectivity index (χ1v) is 11.9. The molecule has 0 aromatic heterocycles. The van der Waals surface area contributed by atoms with Crippen molar-refractivity contribution in [3.63, 3.8) is 0 Å². The maximum Gasteiger partial charge on any atom is 0.297 e. The molecule has 0 bridgehead atoms. The molecular formula is C20H26O5S2. The molecule has 0 amide bonds. The monoisotopic (exact) mass is 410 g/mol. The predicted octanol–water partition coefficient (Wildman–Crippen LogP) is 4.12. The van der Waals surface area contributed by atoms with Gasteiger partial charge in [0.05, 0.1) is 21.1 Å². The number of hydrogen-bond donors (Lipinski definition) is 0. The average molecular weight is 411 g/mol. The van der Waals surface area contributed by atoms with E-state index < -0.39 is 31.3 Å². The van der Waals surface area contributed by atoms with Gasteiger partial charge in [-0.1, -0.05) is 55.7 Å². The molecule has 0 aliphatic rings. The number of sulfone groups is 1. The molecule has 2 atom stereocenters. The van der Waals surface area contributed by atoms with Gasteiger partial charge in [-0.2, -0.15) is 8.42 Å². The van der Waals surface area contributed by atoms with Crippen LogP contribution in [0.15, 0.2) is 64.4 Å². The van der Waals surface area contributed by atoms with Crippen molar-refractivity contribution in [2.24, 2.45) is 0 Å². The Morgan fingerprint density at radius 1 is 0.889 bits per heavy atom. The molecule has 0 aliphatic heterocycles. The molecular weight excluding hydrogens is 384 g/mol. The van der Waals surface area contributed by atoms with Crippen LogP contribution in [-0.2, 0) is 24.1 Å². The van der Waals surface area contributed by atoms with E-state index in [9.17, 15) is 16.8 Å². The van der Waals surface area contributed by atoms with Crippen molar-refractivity contribution in [3.8, 4) is 0 Å². The van der Waals surface area contributed by atoms with Gasteiger partial charge < -0.3 is 0 Å². The van der Waals surface area contributed by atoms with Crippen molar-refractivity contribution in [2.75, 3.05) is 0 Å². The average Bonchev–Trinajstić information content (AvgIpc) is 2.65. The third-order valence-corrected chi connectivity index (χ3v) is 8.05. The zero-order valence-electron chi connectivity index (χ0n) is 15.8. The predicted molar refractivity (Wildman–Crippen MR) is 106 cm³/mol. The summed E-state index contributed by atoms with van der Waals surface area (Å²) in [4.78, 5) is 0.189. The maximum atomic E-state index is 12.9. The van der Waals surface area contributed by atoms with E-state index in [0.29, 0.717) is 12.8 Å². The molecule has 0 heterocycles. The minimum atomic E-state index is -4.06. The molecule has 0 saturated heterocycles. The minimum absolute atomic E-state index is 0.0268. The van der Waals surface area contributed by atoms with E-state index in [1.807, 2.05) is 13.8 Å². The van der Waals surface area contributed by atoms with Crippen molar-refractivity contribution in [1.29, 1.82) is 0 Å². The molecule has 148 valence electrons. The van der Waals surface area contributed by atoms with Gasteiger partial charge in [0, 0.05) is 0 Å². The molecule has 0 N–H and O–H groups in total. The second-order valence-corrected chi connectivity index (χ2v) is 10.5. The van der Waals surface area contributed by atoms with E-state index in [4.69, 9.17) is 4.18 Å². The Labute approximate surface area is 162 Å². The molecule has 2 unspecified atom stereocenters. The highest BCUT2D eigenvalue weighted by molar-refractivity contribution is 7.92. The van der Waals surface area contributed by atoms with Gasteiger partial charge in [0.25, 0.3) is 10.1 Å². The van der Waals surface area contributed by atoms with Crippen LogP contribution in [0.5, 0.6) is 0 Å². The SMILES string of the molecule is CCCCC(OS(=O)(=O)c1ccc(C)cc1)C(C)S(=O)(=O)c1ccccc1. The van der Waals surface area contributed by atoms with Crippen LogP contribution in [0.4, 0.5) is 0 Å². The zero-order valence-corrected chi connectivity index (χ0v) is 17.5. The highest BCUT2D eigenvalue weighted by Crippen LogP contribution is 2.26. The van der Waals surface area contributed by atoms with Gasteiger partial charge in [-0.05, 0) is 44.5 Å². The van der Waals surface area contributed by atoms with Gasteiger partial charge in [0.15, 0.2) is 9.84 Å². The second-order valence-electron chi connectivity index (χ2n) is 6.61.